The minimum atomic E-state index is -0.953. The van der Waals surface area contributed by atoms with Crippen molar-refractivity contribution < 1.29 is 9.53 Å². The zero-order chi connectivity index (χ0) is 13.3. The molecule has 102 valence electrons. The normalized spacial score (nSPS) is 16.5. The Labute approximate surface area is 105 Å². The maximum Gasteiger partial charge on any atom is 0.237 e. The molecule has 4 heteroatoms. The van der Waals surface area contributed by atoms with Gasteiger partial charge < -0.3 is 16.2 Å². The number of carbonyl (C=O) groups is 1. The van der Waals surface area contributed by atoms with Crippen molar-refractivity contribution in [3.05, 3.63) is 0 Å². The van der Waals surface area contributed by atoms with E-state index in [2.05, 4.69) is 13.8 Å². The summed E-state index contributed by atoms with van der Waals surface area (Å²) in [6.45, 7) is 7.28. The van der Waals surface area contributed by atoms with Gasteiger partial charge in [0.05, 0.1) is 5.54 Å². The van der Waals surface area contributed by atoms with E-state index in [9.17, 15) is 4.79 Å². The number of hydrogen-bond donors (Lipinski definition) is 2. The van der Waals surface area contributed by atoms with Gasteiger partial charge in [0.2, 0.25) is 5.91 Å². The molecule has 0 aliphatic heterocycles. The minimum Gasteiger partial charge on any atom is -0.381 e. The van der Waals surface area contributed by atoms with E-state index in [1.54, 1.807) is 6.92 Å². The number of rotatable bonds is 10. The van der Waals surface area contributed by atoms with Gasteiger partial charge in [-0.25, -0.2) is 0 Å². The fraction of sp³-hybridized carbons (Fsp3) is 0.923. The SMILES string of the molecule is CCCCC(CC)COCCC(C)(N)C(N)=O. The van der Waals surface area contributed by atoms with Crippen molar-refractivity contribution in [2.45, 2.75) is 58.4 Å². The summed E-state index contributed by atoms with van der Waals surface area (Å²) in [5, 5.41) is 0. The molecule has 0 radical (unpaired) electrons. The van der Waals surface area contributed by atoms with Crippen LogP contribution in [0.5, 0.6) is 0 Å². The van der Waals surface area contributed by atoms with Gasteiger partial charge in [0.15, 0.2) is 0 Å². The number of unbranched alkanes of at least 4 members (excludes halogenated alkanes) is 1. The van der Waals surface area contributed by atoms with E-state index in [0.29, 0.717) is 18.9 Å². The second kappa shape index (κ2) is 8.48. The van der Waals surface area contributed by atoms with Crippen molar-refractivity contribution in [3.63, 3.8) is 0 Å². The molecule has 0 aromatic carbocycles. The Morgan fingerprint density at radius 2 is 2.06 bits per heavy atom. The van der Waals surface area contributed by atoms with Crippen molar-refractivity contribution in [2.75, 3.05) is 13.2 Å². The molecule has 2 atom stereocenters. The summed E-state index contributed by atoms with van der Waals surface area (Å²) in [5.74, 6) is 0.145. The quantitative estimate of drug-likeness (QED) is 0.575. The van der Waals surface area contributed by atoms with Crippen LogP contribution >= 0.6 is 0 Å². The highest BCUT2D eigenvalue weighted by Crippen LogP contribution is 2.13. The van der Waals surface area contributed by atoms with E-state index in [-0.39, 0.29) is 0 Å². The highest BCUT2D eigenvalue weighted by molar-refractivity contribution is 5.83. The average Bonchev–Trinajstić information content (AvgIpc) is 2.28. The molecule has 0 aliphatic carbocycles. The number of ether oxygens (including phenoxy) is 1. The van der Waals surface area contributed by atoms with Gasteiger partial charge >= 0.3 is 0 Å². The van der Waals surface area contributed by atoms with Crippen LogP contribution in [0.25, 0.3) is 0 Å². The second-order valence-electron chi connectivity index (χ2n) is 5.02. The highest BCUT2D eigenvalue weighted by Gasteiger charge is 2.25. The minimum absolute atomic E-state index is 0.473. The second-order valence-corrected chi connectivity index (χ2v) is 5.02. The summed E-state index contributed by atoms with van der Waals surface area (Å²) < 4.78 is 5.58. The summed E-state index contributed by atoms with van der Waals surface area (Å²) in [6.07, 6.45) is 5.29. The molecule has 17 heavy (non-hydrogen) atoms. The summed E-state index contributed by atoms with van der Waals surface area (Å²) in [4.78, 5) is 11.0. The number of nitrogens with two attached hydrogens (primary N) is 2. The van der Waals surface area contributed by atoms with Crippen LogP contribution in [0.1, 0.15) is 52.9 Å². The van der Waals surface area contributed by atoms with E-state index in [4.69, 9.17) is 16.2 Å². The largest absolute Gasteiger partial charge is 0.381 e. The van der Waals surface area contributed by atoms with Crippen LogP contribution in [-0.2, 0) is 9.53 Å². The van der Waals surface area contributed by atoms with Crippen LogP contribution in [0, 0.1) is 5.92 Å². The molecule has 0 aliphatic rings. The number of hydrogen-bond acceptors (Lipinski definition) is 3. The van der Waals surface area contributed by atoms with Gasteiger partial charge in [-0.3, -0.25) is 4.79 Å². The third kappa shape index (κ3) is 7.34. The van der Waals surface area contributed by atoms with E-state index in [0.717, 1.165) is 13.0 Å². The lowest BCUT2D eigenvalue weighted by molar-refractivity contribution is -0.123. The average molecular weight is 244 g/mol. The lowest BCUT2D eigenvalue weighted by atomic mass is 9.99. The van der Waals surface area contributed by atoms with Gasteiger partial charge in [-0.2, -0.15) is 0 Å². The highest BCUT2D eigenvalue weighted by atomic mass is 16.5. The van der Waals surface area contributed by atoms with E-state index in [1.807, 2.05) is 0 Å². The number of amides is 1. The molecule has 4 nitrogen and oxygen atoms in total. The molecule has 0 aromatic rings. The zero-order valence-electron chi connectivity index (χ0n) is 11.5. The summed E-state index contributed by atoms with van der Waals surface area (Å²) in [5.41, 5.74) is 9.97. The smallest absolute Gasteiger partial charge is 0.237 e. The predicted octanol–water partition coefficient (Wildman–Crippen LogP) is 1.81. The fourth-order valence-corrected chi connectivity index (χ4v) is 1.56. The Morgan fingerprint density at radius 1 is 1.41 bits per heavy atom. The van der Waals surface area contributed by atoms with Crippen molar-refractivity contribution in [1.82, 2.24) is 0 Å². The first-order valence-corrected chi connectivity index (χ1v) is 6.60. The number of carbonyl (C=O) groups excluding carboxylic acids is 1. The Kier molecular flexibility index (Phi) is 8.17. The van der Waals surface area contributed by atoms with E-state index >= 15 is 0 Å². The molecule has 1 amide bonds. The van der Waals surface area contributed by atoms with Crippen molar-refractivity contribution in [1.29, 1.82) is 0 Å². The number of primary amides is 1. The van der Waals surface area contributed by atoms with Gasteiger partial charge in [-0.1, -0.05) is 33.1 Å². The Balaban J connectivity index is 3.71. The van der Waals surface area contributed by atoms with Gasteiger partial charge in [0, 0.05) is 13.2 Å². The van der Waals surface area contributed by atoms with Gasteiger partial charge in [0.25, 0.3) is 0 Å². The maximum absolute atomic E-state index is 11.0. The lowest BCUT2D eigenvalue weighted by Gasteiger charge is -2.21. The van der Waals surface area contributed by atoms with Crippen LogP contribution < -0.4 is 11.5 Å². The van der Waals surface area contributed by atoms with Crippen molar-refractivity contribution in [3.8, 4) is 0 Å². The predicted molar refractivity (Wildman–Crippen MR) is 70.5 cm³/mol. The summed E-state index contributed by atoms with van der Waals surface area (Å²) >= 11 is 0. The Hall–Kier alpha value is -0.610. The molecular formula is C13H28N2O2. The molecule has 0 rings (SSSR count). The molecule has 4 N–H and O–H groups in total. The Bertz CT molecular complexity index is 217. The maximum atomic E-state index is 11.0. The molecule has 2 unspecified atom stereocenters. The van der Waals surface area contributed by atoms with Crippen LogP contribution in [0.15, 0.2) is 0 Å². The summed E-state index contributed by atoms with van der Waals surface area (Å²) in [6, 6.07) is 0. The topological polar surface area (TPSA) is 78.3 Å². The monoisotopic (exact) mass is 244 g/mol. The van der Waals surface area contributed by atoms with E-state index in [1.165, 1.54) is 19.3 Å². The lowest BCUT2D eigenvalue weighted by Crippen LogP contribution is -2.50. The molecule has 0 fully saturated rings. The van der Waals surface area contributed by atoms with Crippen LogP contribution in [0.2, 0.25) is 0 Å². The first kappa shape index (κ1) is 16.4. The molecular weight excluding hydrogens is 216 g/mol. The molecule has 0 spiro atoms. The molecule has 0 saturated heterocycles. The molecule has 0 aromatic heterocycles. The van der Waals surface area contributed by atoms with Gasteiger partial charge in [0.1, 0.15) is 0 Å². The van der Waals surface area contributed by atoms with Gasteiger partial charge in [-0.05, 0) is 25.7 Å². The first-order valence-electron chi connectivity index (χ1n) is 6.60. The van der Waals surface area contributed by atoms with Crippen LogP contribution in [-0.4, -0.2) is 24.7 Å². The molecule has 0 bridgehead atoms. The third-order valence-electron chi connectivity index (χ3n) is 3.23. The zero-order valence-corrected chi connectivity index (χ0v) is 11.5. The molecule has 0 heterocycles. The van der Waals surface area contributed by atoms with Crippen LogP contribution in [0.4, 0.5) is 0 Å². The standard InChI is InChI=1S/C13H28N2O2/c1-4-6-7-11(5-2)10-17-9-8-13(3,15)12(14)16/h11H,4-10,15H2,1-3H3,(H2,14,16). The van der Waals surface area contributed by atoms with Gasteiger partial charge in [-0.15, -0.1) is 0 Å². The van der Waals surface area contributed by atoms with Crippen LogP contribution in [0.3, 0.4) is 0 Å². The first-order chi connectivity index (χ1) is 7.94. The molecule has 0 saturated carbocycles. The van der Waals surface area contributed by atoms with E-state index < -0.39 is 11.4 Å². The van der Waals surface area contributed by atoms with Crippen molar-refractivity contribution in [2.24, 2.45) is 17.4 Å². The Morgan fingerprint density at radius 3 is 2.53 bits per heavy atom. The summed E-state index contributed by atoms with van der Waals surface area (Å²) in [7, 11) is 0. The van der Waals surface area contributed by atoms with Crippen molar-refractivity contribution >= 4 is 5.91 Å². The third-order valence-corrected chi connectivity index (χ3v) is 3.23. The fourth-order valence-electron chi connectivity index (χ4n) is 1.56.